The van der Waals surface area contributed by atoms with E-state index in [1.807, 2.05) is 43.3 Å². The van der Waals surface area contributed by atoms with Crippen LogP contribution in [-0.4, -0.2) is 16.4 Å². The fraction of sp³-hybridized carbons (Fsp3) is 0.217. The van der Waals surface area contributed by atoms with Gasteiger partial charge in [-0.05, 0) is 44.5 Å². The molecule has 5 heteroatoms. The molecule has 2 aromatic carbocycles. The minimum atomic E-state index is -0.381. The predicted octanol–water partition coefficient (Wildman–Crippen LogP) is 4.38. The number of para-hydroxylation sites is 2. The lowest BCUT2D eigenvalue weighted by Crippen LogP contribution is -2.35. The average Bonchev–Trinajstić information content (AvgIpc) is 3.16. The third-order valence-electron chi connectivity index (χ3n) is 5.43. The zero-order valence-corrected chi connectivity index (χ0v) is 16.3. The zero-order valence-electron chi connectivity index (χ0n) is 16.3. The van der Waals surface area contributed by atoms with Crippen molar-refractivity contribution >= 4 is 34.5 Å². The van der Waals surface area contributed by atoms with Crippen molar-refractivity contribution in [2.75, 3.05) is 5.01 Å². The molecule has 0 saturated carbocycles. The van der Waals surface area contributed by atoms with Crippen LogP contribution in [-0.2, 0) is 9.59 Å². The van der Waals surface area contributed by atoms with Crippen LogP contribution >= 0.6 is 0 Å². The highest BCUT2D eigenvalue weighted by molar-refractivity contribution is 6.32. The van der Waals surface area contributed by atoms with E-state index in [0.717, 1.165) is 28.6 Å². The van der Waals surface area contributed by atoms with Gasteiger partial charge in [0, 0.05) is 28.2 Å². The van der Waals surface area contributed by atoms with Gasteiger partial charge in [-0.15, -0.1) is 0 Å². The van der Waals surface area contributed by atoms with Gasteiger partial charge < -0.3 is 4.57 Å². The van der Waals surface area contributed by atoms with E-state index in [1.54, 1.807) is 18.2 Å². The van der Waals surface area contributed by atoms with Gasteiger partial charge in [-0.1, -0.05) is 43.3 Å². The summed E-state index contributed by atoms with van der Waals surface area (Å²) in [6.07, 6.45) is 2.73. The van der Waals surface area contributed by atoms with Gasteiger partial charge in [-0.2, -0.15) is 0 Å². The maximum atomic E-state index is 12.9. The van der Waals surface area contributed by atoms with Gasteiger partial charge in [0.25, 0.3) is 11.8 Å². The Labute approximate surface area is 164 Å². The van der Waals surface area contributed by atoms with Crippen LogP contribution in [0.2, 0.25) is 0 Å². The second-order valence-corrected chi connectivity index (χ2v) is 7.12. The quantitative estimate of drug-likeness (QED) is 0.545. The van der Waals surface area contributed by atoms with E-state index < -0.39 is 0 Å². The Morgan fingerprint density at radius 1 is 1.04 bits per heavy atom. The summed E-state index contributed by atoms with van der Waals surface area (Å²) in [5.41, 5.74) is 6.56. The molecule has 1 fully saturated rings. The molecule has 2 heterocycles. The molecule has 0 aliphatic carbocycles. The van der Waals surface area contributed by atoms with E-state index in [9.17, 15) is 9.59 Å². The first-order chi connectivity index (χ1) is 13.5. The van der Waals surface area contributed by atoms with Gasteiger partial charge in [-0.3, -0.25) is 15.0 Å². The van der Waals surface area contributed by atoms with Crippen molar-refractivity contribution in [2.45, 2.75) is 33.2 Å². The Balaban J connectivity index is 1.83. The zero-order chi connectivity index (χ0) is 19.8. The molecule has 1 aliphatic rings. The summed E-state index contributed by atoms with van der Waals surface area (Å²) >= 11 is 0. The van der Waals surface area contributed by atoms with Crippen LogP contribution in [0.5, 0.6) is 0 Å². The Morgan fingerprint density at radius 2 is 1.71 bits per heavy atom. The summed E-state index contributed by atoms with van der Waals surface area (Å²) in [7, 11) is 0. The lowest BCUT2D eigenvalue weighted by atomic mass is 10.1. The number of hydrazine groups is 1. The lowest BCUT2D eigenvalue weighted by Gasteiger charge is -2.15. The molecule has 1 atom stereocenters. The summed E-state index contributed by atoms with van der Waals surface area (Å²) in [4.78, 5) is 25.5. The van der Waals surface area contributed by atoms with Crippen molar-refractivity contribution in [3.05, 3.63) is 71.4 Å². The van der Waals surface area contributed by atoms with Gasteiger partial charge in [-0.25, -0.2) is 5.01 Å². The van der Waals surface area contributed by atoms with E-state index in [0.29, 0.717) is 11.7 Å². The number of nitrogens with zero attached hydrogens (tertiary/aromatic N) is 2. The minimum absolute atomic E-state index is 0.152. The fourth-order valence-corrected chi connectivity index (χ4v) is 3.81. The summed E-state index contributed by atoms with van der Waals surface area (Å²) in [6, 6.07) is 17.6. The Morgan fingerprint density at radius 3 is 2.43 bits per heavy atom. The summed E-state index contributed by atoms with van der Waals surface area (Å²) in [5.74, 6) is -0.718. The van der Waals surface area contributed by atoms with Crippen molar-refractivity contribution in [3.8, 4) is 0 Å². The van der Waals surface area contributed by atoms with E-state index >= 15 is 0 Å². The molecule has 1 aromatic heterocycles. The third-order valence-corrected chi connectivity index (χ3v) is 5.43. The molecule has 0 bridgehead atoms. The average molecular weight is 373 g/mol. The number of rotatable bonds is 4. The topological polar surface area (TPSA) is 54.3 Å². The van der Waals surface area contributed by atoms with E-state index in [4.69, 9.17) is 0 Å². The third kappa shape index (κ3) is 2.80. The van der Waals surface area contributed by atoms with Crippen molar-refractivity contribution in [1.29, 1.82) is 0 Å². The first-order valence-electron chi connectivity index (χ1n) is 9.54. The maximum Gasteiger partial charge on any atom is 0.282 e. The number of carbonyl (C=O) groups excluding carboxylic acids is 2. The van der Waals surface area contributed by atoms with Crippen LogP contribution < -0.4 is 10.4 Å². The number of aromatic nitrogens is 1. The maximum absolute atomic E-state index is 12.9. The Hall–Kier alpha value is -3.34. The molecule has 1 N–H and O–H groups in total. The number of anilines is 1. The number of hydrogen-bond acceptors (Lipinski definition) is 2. The highest BCUT2D eigenvalue weighted by atomic mass is 16.2. The molecule has 4 rings (SSSR count). The molecule has 1 saturated heterocycles. The smallest absolute Gasteiger partial charge is 0.282 e. The molecule has 0 radical (unpaired) electrons. The summed E-state index contributed by atoms with van der Waals surface area (Å²) in [6.45, 7) is 6.38. The van der Waals surface area contributed by atoms with E-state index in [2.05, 4.69) is 29.9 Å². The number of benzene rings is 2. The molecule has 0 unspecified atom stereocenters. The molecular weight excluding hydrogens is 350 g/mol. The van der Waals surface area contributed by atoms with Crippen LogP contribution in [0.3, 0.4) is 0 Å². The van der Waals surface area contributed by atoms with Crippen molar-refractivity contribution in [1.82, 2.24) is 9.99 Å². The molecule has 2 amide bonds. The van der Waals surface area contributed by atoms with Crippen LogP contribution in [0.1, 0.15) is 37.6 Å². The second-order valence-electron chi connectivity index (χ2n) is 7.12. The van der Waals surface area contributed by atoms with E-state index in [1.165, 1.54) is 5.01 Å². The van der Waals surface area contributed by atoms with Gasteiger partial charge in [0.2, 0.25) is 0 Å². The van der Waals surface area contributed by atoms with Gasteiger partial charge in [0.15, 0.2) is 0 Å². The van der Waals surface area contributed by atoms with Crippen molar-refractivity contribution in [2.24, 2.45) is 0 Å². The van der Waals surface area contributed by atoms with Gasteiger partial charge in [0.05, 0.1) is 5.69 Å². The SMILES string of the molecule is CC[C@H](C)n1c(C)c(/C=C2/C(=O)NN(c3ccccc3)C2=O)c2ccccc21. The van der Waals surface area contributed by atoms with E-state index in [-0.39, 0.29) is 17.4 Å². The monoisotopic (exact) mass is 373 g/mol. The first-order valence-corrected chi connectivity index (χ1v) is 9.54. The molecule has 0 spiro atoms. The number of hydrogen-bond donors (Lipinski definition) is 1. The summed E-state index contributed by atoms with van der Waals surface area (Å²) < 4.78 is 2.29. The molecule has 5 nitrogen and oxygen atoms in total. The van der Waals surface area contributed by atoms with Crippen LogP contribution in [0, 0.1) is 6.92 Å². The van der Waals surface area contributed by atoms with Crippen LogP contribution in [0.15, 0.2) is 60.2 Å². The number of amides is 2. The second kappa shape index (κ2) is 7.00. The van der Waals surface area contributed by atoms with Crippen LogP contribution in [0.4, 0.5) is 5.69 Å². The molecule has 142 valence electrons. The largest absolute Gasteiger partial charge is 0.341 e. The van der Waals surface area contributed by atoms with Crippen LogP contribution in [0.25, 0.3) is 17.0 Å². The highest BCUT2D eigenvalue weighted by Gasteiger charge is 2.35. The Kier molecular flexibility index (Phi) is 4.51. The van der Waals surface area contributed by atoms with Gasteiger partial charge in [0.1, 0.15) is 5.57 Å². The Bertz CT molecular complexity index is 1100. The van der Waals surface area contributed by atoms with Crippen molar-refractivity contribution in [3.63, 3.8) is 0 Å². The minimum Gasteiger partial charge on any atom is -0.341 e. The molecule has 28 heavy (non-hydrogen) atoms. The number of nitrogens with one attached hydrogen (secondary N) is 1. The standard InChI is InChI=1S/C23H23N3O2/c1-4-15(2)25-16(3)19(18-12-8-9-13-21(18)25)14-20-22(27)24-26(23(20)28)17-10-6-5-7-11-17/h5-15H,4H2,1-3H3,(H,24,27)/b20-14-/t15-/m0/s1. The number of carbonyl (C=O) groups is 2. The summed E-state index contributed by atoms with van der Waals surface area (Å²) in [5, 5.41) is 2.35. The normalized spacial score (nSPS) is 16.8. The molecular formula is C23H23N3O2. The lowest BCUT2D eigenvalue weighted by molar-refractivity contribution is -0.117. The molecule has 3 aromatic rings. The number of fused-ring (bicyclic) bond motifs is 1. The molecule has 1 aliphatic heterocycles. The van der Waals surface area contributed by atoms with Crippen molar-refractivity contribution < 1.29 is 9.59 Å². The fourth-order valence-electron chi connectivity index (χ4n) is 3.81. The highest BCUT2D eigenvalue weighted by Crippen LogP contribution is 2.32. The van der Waals surface area contributed by atoms with Gasteiger partial charge >= 0.3 is 0 Å². The first kappa shape index (κ1) is 18.0. The predicted molar refractivity (Wildman–Crippen MR) is 112 cm³/mol.